The summed E-state index contributed by atoms with van der Waals surface area (Å²) < 4.78 is 2.21. The Morgan fingerprint density at radius 2 is 1.72 bits per heavy atom. The first kappa shape index (κ1) is 20.1. The molecule has 3 aromatic heterocycles. The van der Waals surface area contributed by atoms with Crippen molar-refractivity contribution in [2.45, 2.75) is 40.0 Å². The van der Waals surface area contributed by atoms with Gasteiger partial charge in [0.1, 0.15) is 11.3 Å². The highest BCUT2D eigenvalue weighted by Gasteiger charge is 2.17. The number of nitrogens with zero attached hydrogens (tertiary/aromatic N) is 6. The molecule has 0 spiro atoms. The van der Waals surface area contributed by atoms with Crippen molar-refractivity contribution >= 4 is 11.2 Å². The molecule has 0 saturated heterocycles. The van der Waals surface area contributed by atoms with Crippen LogP contribution in [0.15, 0.2) is 54.6 Å². The van der Waals surface area contributed by atoms with Gasteiger partial charge in [-0.2, -0.15) is 5.21 Å². The average Bonchev–Trinajstić information content (AvgIpc) is 3.47. The highest BCUT2D eigenvalue weighted by Crippen LogP contribution is 2.31. The van der Waals surface area contributed by atoms with Crippen LogP contribution in [0.3, 0.4) is 0 Å². The number of aromatic amines is 1. The minimum Gasteiger partial charge on any atom is -0.281 e. The number of fused-ring (bicyclic) bond motifs is 1. The third-order valence-electron chi connectivity index (χ3n) is 5.70. The predicted molar refractivity (Wildman–Crippen MR) is 126 cm³/mol. The Kier molecular flexibility index (Phi) is 5.23. The second-order valence-electron chi connectivity index (χ2n) is 7.89. The Hall–Kier alpha value is -3.87. The lowest BCUT2D eigenvalue weighted by Crippen LogP contribution is -2.02. The third kappa shape index (κ3) is 3.45. The van der Waals surface area contributed by atoms with E-state index in [2.05, 4.69) is 75.4 Å². The van der Waals surface area contributed by atoms with E-state index in [1.54, 1.807) is 0 Å². The lowest BCUT2D eigenvalue weighted by atomic mass is 9.99. The number of nitrogens with one attached hydrogen (secondary N) is 1. The Labute approximate surface area is 186 Å². The summed E-state index contributed by atoms with van der Waals surface area (Å²) >= 11 is 0. The Bertz CT molecular complexity index is 1370. The van der Waals surface area contributed by atoms with Crippen molar-refractivity contribution < 1.29 is 0 Å². The zero-order valence-corrected chi connectivity index (χ0v) is 18.5. The molecular formula is C25H25N7. The van der Waals surface area contributed by atoms with E-state index in [4.69, 9.17) is 9.97 Å². The molecule has 1 N–H and O–H groups in total. The van der Waals surface area contributed by atoms with Crippen LogP contribution < -0.4 is 0 Å². The molecule has 32 heavy (non-hydrogen) atoms. The van der Waals surface area contributed by atoms with Crippen molar-refractivity contribution in [2.24, 2.45) is 0 Å². The fourth-order valence-corrected chi connectivity index (χ4v) is 4.22. The predicted octanol–water partition coefficient (Wildman–Crippen LogP) is 5.09. The van der Waals surface area contributed by atoms with Crippen LogP contribution in [0.4, 0.5) is 0 Å². The van der Waals surface area contributed by atoms with Crippen LogP contribution in [0.1, 0.15) is 37.4 Å². The van der Waals surface area contributed by atoms with Gasteiger partial charge in [-0.3, -0.25) is 4.57 Å². The minimum absolute atomic E-state index is 0.585. The molecule has 5 aromatic rings. The first-order valence-electron chi connectivity index (χ1n) is 11.0. The Balaban J connectivity index is 1.63. The summed E-state index contributed by atoms with van der Waals surface area (Å²) in [5.74, 6) is 1.64. The van der Waals surface area contributed by atoms with Gasteiger partial charge in [0.05, 0.1) is 0 Å². The summed E-state index contributed by atoms with van der Waals surface area (Å²) in [5, 5.41) is 14.5. The molecule has 0 fully saturated rings. The fourth-order valence-electron chi connectivity index (χ4n) is 4.22. The summed E-state index contributed by atoms with van der Waals surface area (Å²) in [6, 6.07) is 18.8. The lowest BCUT2D eigenvalue weighted by Gasteiger charge is -2.11. The lowest BCUT2D eigenvalue weighted by molar-refractivity contribution is 0.815. The number of hydrogen-bond acceptors (Lipinski definition) is 5. The molecule has 3 heterocycles. The van der Waals surface area contributed by atoms with Crippen molar-refractivity contribution in [1.82, 2.24) is 35.2 Å². The van der Waals surface area contributed by atoms with Crippen LogP contribution in [-0.2, 0) is 12.8 Å². The third-order valence-corrected chi connectivity index (χ3v) is 5.70. The van der Waals surface area contributed by atoms with E-state index in [0.717, 1.165) is 64.3 Å². The molecule has 5 rings (SSSR count). The van der Waals surface area contributed by atoms with Gasteiger partial charge in [-0.1, -0.05) is 50.2 Å². The van der Waals surface area contributed by atoms with E-state index in [1.165, 1.54) is 5.56 Å². The number of hydrogen-bond donors (Lipinski definition) is 1. The molecule has 0 radical (unpaired) electrons. The first-order chi connectivity index (χ1) is 15.7. The van der Waals surface area contributed by atoms with Gasteiger partial charge in [0, 0.05) is 23.4 Å². The van der Waals surface area contributed by atoms with Crippen LogP contribution in [0, 0.1) is 6.92 Å². The maximum atomic E-state index is 4.99. The summed E-state index contributed by atoms with van der Waals surface area (Å²) in [4.78, 5) is 9.86. The van der Waals surface area contributed by atoms with Crippen LogP contribution in [0.25, 0.3) is 39.4 Å². The number of imidazole rings is 1. The zero-order chi connectivity index (χ0) is 22.1. The van der Waals surface area contributed by atoms with Crippen molar-refractivity contribution in [1.29, 1.82) is 0 Å². The smallest absolute Gasteiger partial charge is 0.205 e. The van der Waals surface area contributed by atoms with Crippen molar-refractivity contribution in [3.63, 3.8) is 0 Å². The molecule has 0 amide bonds. The number of benzene rings is 2. The number of aromatic nitrogens is 7. The summed E-state index contributed by atoms with van der Waals surface area (Å²) in [5.41, 5.74) is 8.37. The van der Waals surface area contributed by atoms with Gasteiger partial charge in [-0.15, -0.1) is 10.2 Å². The highest BCUT2D eigenvalue weighted by atomic mass is 15.5. The molecule has 0 aliphatic heterocycles. The molecule has 160 valence electrons. The number of aryl methyl sites for hydroxylation is 3. The molecule has 2 aromatic carbocycles. The maximum absolute atomic E-state index is 4.99. The van der Waals surface area contributed by atoms with Crippen LogP contribution in [-0.4, -0.2) is 35.2 Å². The SMILES string of the molecule is CCCc1nc2c(CC)cc(C)nc2n1-c1ccc(-c2ccccc2-c2nn[nH]n2)cc1. The quantitative estimate of drug-likeness (QED) is 0.411. The molecule has 0 saturated carbocycles. The van der Waals surface area contributed by atoms with E-state index < -0.39 is 0 Å². The monoisotopic (exact) mass is 423 g/mol. The molecule has 0 atom stereocenters. The van der Waals surface area contributed by atoms with E-state index in [-0.39, 0.29) is 0 Å². The van der Waals surface area contributed by atoms with Crippen molar-refractivity contribution in [2.75, 3.05) is 0 Å². The van der Waals surface area contributed by atoms with Crippen LogP contribution in [0.5, 0.6) is 0 Å². The van der Waals surface area contributed by atoms with Gasteiger partial charge >= 0.3 is 0 Å². The topological polar surface area (TPSA) is 85.2 Å². The van der Waals surface area contributed by atoms with Crippen molar-refractivity contribution in [3.05, 3.63) is 71.7 Å². The van der Waals surface area contributed by atoms with E-state index >= 15 is 0 Å². The maximum Gasteiger partial charge on any atom is 0.205 e. The second-order valence-corrected chi connectivity index (χ2v) is 7.89. The molecule has 0 aliphatic carbocycles. The molecule has 0 aliphatic rings. The second kappa shape index (κ2) is 8.34. The van der Waals surface area contributed by atoms with E-state index in [9.17, 15) is 0 Å². The molecular weight excluding hydrogens is 398 g/mol. The largest absolute Gasteiger partial charge is 0.281 e. The fraction of sp³-hybridized carbons (Fsp3) is 0.240. The van der Waals surface area contributed by atoms with Gasteiger partial charge in [0.25, 0.3) is 0 Å². The minimum atomic E-state index is 0.585. The summed E-state index contributed by atoms with van der Waals surface area (Å²) in [7, 11) is 0. The molecule has 7 heteroatoms. The number of pyridine rings is 1. The molecule has 7 nitrogen and oxygen atoms in total. The van der Waals surface area contributed by atoms with Gasteiger partial charge in [0.2, 0.25) is 5.82 Å². The number of tetrazole rings is 1. The molecule has 0 unspecified atom stereocenters. The Morgan fingerprint density at radius 1 is 0.938 bits per heavy atom. The van der Waals surface area contributed by atoms with Gasteiger partial charge in [0.15, 0.2) is 5.65 Å². The molecule has 0 bridgehead atoms. The van der Waals surface area contributed by atoms with E-state index in [1.807, 2.05) is 25.1 Å². The van der Waals surface area contributed by atoms with Crippen LogP contribution in [0.2, 0.25) is 0 Å². The normalized spacial score (nSPS) is 11.3. The first-order valence-corrected chi connectivity index (χ1v) is 11.0. The van der Waals surface area contributed by atoms with Gasteiger partial charge in [-0.05, 0) is 59.9 Å². The zero-order valence-electron chi connectivity index (χ0n) is 18.5. The average molecular weight is 424 g/mol. The van der Waals surface area contributed by atoms with Gasteiger partial charge < -0.3 is 0 Å². The number of H-pyrrole nitrogens is 1. The standard InChI is InChI=1S/C25H25N7/c1-4-8-22-27-23-17(5-2)15-16(3)26-25(23)32(22)19-13-11-18(12-14-19)20-9-6-7-10-21(20)24-28-30-31-29-24/h6-7,9-15H,4-5,8H2,1-3H3,(H,28,29,30,31). The van der Waals surface area contributed by atoms with E-state index in [0.29, 0.717) is 5.82 Å². The van der Waals surface area contributed by atoms with Crippen molar-refractivity contribution in [3.8, 4) is 28.2 Å². The Morgan fingerprint density at radius 3 is 2.41 bits per heavy atom. The summed E-state index contributed by atoms with van der Waals surface area (Å²) in [6.07, 6.45) is 2.87. The van der Waals surface area contributed by atoms with Crippen LogP contribution >= 0.6 is 0 Å². The number of rotatable bonds is 6. The van der Waals surface area contributed by atoms with Gasteiger partial charge in [-0.25, -0.2) is 9.97 Å². The highest BCUT2D eigenvalue weighted by molar-refractivity contribution is 5.82. The summed E-state index contributed by atoms with van der Waals surface area (Å²) in [6.45, 7) is 6.40.